The molecule has 1 aliphatic rings. The van der Waals surface area contributed by atoms with Crippen LogP contribution in [0.5, 0.6) is 0 Å². The minimum absolute atomic E-state index is 0.0517. The van der Waals surface area contributed by atoms with Crippen LogP contribution in [0.3, 0.4) is 0 Å². The van der Waals surface area contributed by atoms with E-state index < -0.39 is 23.5 Å². The Kier molecular flexibility index (Phi) is 4.66. The number of hydrogen-bond donors (Lipinski definition) is 3. The standard InChI is InChI=1S/C9H19NO4S/c1-3-10(15(13)14)5-7-4-6(2)8(11)9(7)12/h6-9,11-12H,3-5H2,1-2H3,(H,13,14)/t6-,7-,8+,9-/m1/s1. The van der Waals surface area contributed by atoms with Gasteiger partial charge in [-0.05, 0) is 12.3 Å². The second-order valence-corrected chi connectivity index (χ2v) is 5.14. The first kappa shape index (κ1) is 13.1. The minimum Gasteiger partial charge on any atom is -0.390 e. The maximum Gasteiger partial charge on any atom is 0.234 e. The maximum absolute atomic E-state index is 10.9. The number of aliphatic hydroxyl groups excluding tert-OH is 2. The summed E-state index contributed by atoms with van der Waals surface area (Å²) in [6.07, 6.45) is -0.797. The summed E-state index contributed by atoms with van der Waals surface area (Å²) in [6, 6.07) is 0. The normalized spacial score (nSPS) is 38.5. The largest absolute Gasteiger partial charge is 0.390 e. The highest BCUT2D eigenvalue weighted by atomic mass is 32.2. The molecule has 1 saturated carbocycles. The number of rotatable bonds is 4. The summed E-state index contributed by atoms with van der Waals surface area (Å²) >= 11 is -2.00. The van der Waals surface area contributed by atoms with E-state index in [4.69, 9.17) is 4.55 Å². The lowest BCUT2D eigenvalue weighted by atomic mass is 10.1. The molecule has 0 bridgehead atoms. The number of aliphatic hydroxyl groups is 2. The molecule has 0 spiro atoms. The van der Waals surface area contributed by atoms with E-state index in [1.807, 2.05) is 6.92 Å². The van der Waals surface area contributed by atoms with Crippen LogP contribution >= 0.6 is 0 Å². The first-order valence-electron chi connectivity index (χ1n) is 5.19. The van der Waals surface area contributed by atoms with E-state index in [0.717, 1.165) is 0 Å². The molecule has 3 N–H and O–H groups in total. The van der Waals surface area contributed by atoms with Gasteiger partial charge in [-0.3, -0.25) is 4.55 Å². The fourth-order valence-corrected chi connectivity index (χ4v) is 2.66. The molecule has 0 aromatic heterocycles. The van der Waals surface area contributed by atoms with E-state index in [9.17, 15) is 14.4 Å². The Bertz CT molecular complexity index is 238. The minimum atomic E-state index is -2.00. The molecule has 1 rings (SSSR count). The van der Waals surface area contributed by atoms with E-state index in [1.165, 1.54) is 4.31 Å². The van der Waals surface area contributed by atoms with E-state index in [1.54, 1.807) is 6.92 Å². The van der Waals surface area contributed by atoms with Crippen molar-refractivity contribution in [1.29, 1.82) is 0 Å². The van der Waals surface area contributed by atoms with Crippen molar-refractivity contribution in [2.24, 2.45) is 11.8 Å². The molecule has 1 aliphatic carbocycles. The molecule has 0 amide bonds. The highest BCUT2D eigenvalue weighted by Crippen LogP contribution is 2.32. The van der Waals surface area contributed by atoms with E-state index in [2.05, 4.69) is 0 Å². The molecule has 5 nitrogen and oxygen atoms in total. The molecule has 0 radical (unpaired) electrons. The summed E-state index contributed by atoms with van der Waals surface area (Å²) in [6.45, 7) is 4.47. The van der Waals surface area contributed by atoms with Gasteiger partial charge in [-0.25, -0.2) is 8.51 Å². The van der Waals surface area contributed by atoms with Gasteiger partial charge >= 0.3 is 0 Å². The third-order valence-corrected chi connectivity index (χ3v) is 3.95. The average molecular weight is 237 g/mol. The lowest BCUT2D eigenvalue weighted by Crippen LogP contribution is -2.36. The zero-order valence-corrected chi connectivity index (χ0v) is 9.85. The van der Waals surface area contributed by atoms with Crippen LogP contribution in [0, 0.1) is 11.8 Å². The summed E-state index contributed by atoms with van der Waals surface area (Å²) in [7, 11) is 0. The predicted molar refractivity (Wildman–Crippen MR) is 57.3 cm³/mol. The predicted octanol–water partition coefficient (Wildman–Crippen LogP) is -0.177. The van der Waals surface area contributed by atoms with Crippen LogP contribution in [0.25, 0.3) is 0 Å². The second kappa shape index (κ2) is 5.36. The van der Waals surface area contributed by atoms with Crippen molar-refractivity contribution in [2.75, 3.05) is 13.1 Å². The molecule has 0 saturated heterocycles. The van der Waals surface area contributed by atoms with Crippen LogP contribution in [0.15, 0.2) is 0 Å². The van der Waals surface area contributed by atoms with Crippen molar-refractivity contribution in [3.05, 3.63) is 0 Å². The summed E-state index contributed by atoms with van der Waals surface area (Å²) in [5.74, 6) is -0.0677. The maximum atomic E-state index is 10.9. The Morgan fingerprint density at radius 2 is 2.00 bits per heavy atom. The van der Waals surface area contributed by atoms with Crippen LogP contribution in [0.1, 0.15) is 20.3 Å². The molecule has 0 aromatic carbocycles. The highest BCUT2D eigenvalue weighted by Gasteiger charge is 2.39. The number of hydrogen-bond acceptors (Lipinski definition) is 3. The molecular weight excluding hydrogens is 218 g/mol. The van der Waals surface area contributed by atoms with Gasteiger partial charge in [0.2, 0.25) is 11.3 Å². The molecule has 1 fully saturated rings. The van der Waals surface area contributed by atoms with Gasteiger partial charge in [0.1, 0.15) is 0 Å². The van der Waals surface area contributed by atoms with Gasteiger partial charge in [0.25, 0.3) is 0 Å². The van der Waals surface area contributed by atoms with Crippen LogP contribution in [-0.2, 0) is 11.3 Å². The van der Waals surface area contributed by atoms with Gasteiger partial charge in [0, 0.05) is 19.0 Å². The van der Waals surface area contributed by atoms with Crippen LogP contribution < -0.4 is 0 Å². The van der Waals surface area contributed by atoms with Crippen molar-refractivity contribution < 1.29 is 19.0 Å². The quantitative estimate of drug-likeness (QED) is 0.593. The fourth-order valence-electron chi connectivity index (χ4n) is 2.12. The molecule has 90 valence electrons. The molecule has 15 heavy (non-hydrogen) atoms. The van der Waals surface area contributed by atoms with Crippen molar-refractivity contribution in [2.45, 2.75) is 32.5 Å². The van der Waals surface area contributed by atoms with Crippen molar-refractivity contribution >= 4 is 11.3 Å². The Labute approximate surface area is 92.5 Å². The third-order valence-electron chi connectivity index (χ3n) is 3.10. The van der Waals surface area contributed by atoms with Crippen LogP contribution in [-0.4, -0.2) is 48.6 Å². The lowest BCUT2D eigenvalue weighted by Gasteiger charge is -2.22. The second-order valence-electron chi connectivity index (χ2n) is 4.17. The summed E-state index contributed by atoms with van der Waals surface area (Å²) in [5.41, 5.74) is 0. The topological polar surface area (TPSA) is 81.0 Å². The SMILES string of the molecule is CCN(C[C@H]1C[C@@H](C)[C@H](O)[C@@H]1O)S(=O)O. The van der Waals surface area contributed by atoms with Gasteiger partial charge in [-0.15, -0.1) is 0 Å². The Hall–Kier alpha value is -0.0100. The highest BCUT2D eigenvalue weighted by molar-refractivity contribution is 7.76. The molecule has 6 heteroatoms. The van der Waals surface area contributed by atoms with Gasteiger partial charge in [0.15, 0.2) is 0 Å². The van der Waals surface area contributed by atoms with E-state index in [-0.39, 0.29) is 11.8 Å². The summed E-state index contributed by atoms with van der Waals surface area (Å²) < 4.78 is 21.2. The molecular formula is C9H19NO4S. The van der Waals surface area contributed by atoms with Gasteiger partial charge < -0.3 is 10.2 Å². The van der Waals surface area contributed by atoms with Crippen LogP contribution in [0.2, 0.25) is 0 Å². The Morgan fingerprint density at radius 1 is 1.40 bits per heavy atom. The fraction of sp³-hybridized carbons (Fsp3) is 1.00. The first-order chi connectivity index (χ1) is 6.97. The van der Waals surface area contributed by atoms with Gasteiger partial charge in [-0.1, -0.05) is 13.8 Å². The lowest BCUT2D eigenvalue weighted by molar-refractivity contribution is 0.00418. The third kappa shape index (κ3) is 2.98. The average Bonchev–Trinajstić information content (AvgIpc) is 2.42. The molecule has 0 heterocycles. The molecule has 0 aromatic rings. The molecule has 5 atom stereocenters. The van der Waals surface area contributed by atoms with E-state index in [0.29, 0.717) is 19.5 Å². The number of nitrogens with zero attached hydrogens (tertiary/aromatic N) is 1. The van der Waals surface area contributed by atoms with Gasteiger partial charge in [0.05, 0.1) is 12.2 Å². The summed E-state index contributed by atoms with van der Waals surface area (Å²) in [4.78, 5) is 0. The van der Waals surface area contributed by atoms with Crippen molar-refractivity contribution in [3.8, 4) is 0 Å². The zero-order chi connectivity index (χ0) is 11.6. The monoisotopic (exact) mass is 237 g/mol. The first-order valence-corrected chi connectivity index (χ1v) is 6.25. The van der Waals surface area contributed by atoms with E-state index >= 15 is 0 Å². The van der Waals surface area contributed by atoms with Crippen LogP contribution in [0.4, 0.5) is 0 Å². The summed E-state index contributed by atoms with van der Waals surface area (Å²) in [5, 5.41) is 19.3. The smallest absolute Gasteiger partial charge is 0.234 e. The van der Waals surface area contributed by atoms with Crippen molar-refractivity contribution in [3.63, 3.8) is 0 Å². The Morgan fingerprint density at radius 3 is 2.33 bits per heavy atom. The van der Waals surface area contributed by atoms with Gasteiger partial charge in [-0.2, -0.15) is 0 Å². The zero-order valence-electron chi connectivity index (χ0n) is 9.04. The van der Waals surface area contributed by atoms with Crippen molar-refractivity contribution in [1.82, 2.24) is 4.31 Å². The molecule has 1 unspecified atom stereocenters. The Balaban J connectivity index is 2.55. The molecule has 0 aliphatic heterocycles.